The monoisotopic (exact) mass is 192 g/mol. The normalized spacial score (nSPS) is 11.9. The van der Waals surface area contributed by atoms with Crippen molar-refractivity contribution in [3.05, 3.63) is 29.8 Å². The zero-order valence-corrected chi connectivity index (χ0v) is 7.09. The van der Waals surface area contributed by atoms with E-state index in [1.165, 1.54) is 12.1 Å². The van der Waals surface area contributed by atoms with Crippen LogP contribution in [0.3, 0.4) is 0 Å². The van der Waals surface area contributed by atoms with E-state index >= 15 is 0 Å². The number of nitrogens with zero attached hydrogens (tertiary/aromatic N) is 1. The molecule has 1 atom stereocenters. The van der Waals surface area contributed by atoms with Gasteiger partial charge in [-0.1, -0.05) is 0 Å². The van der Waals surface area contributed by atoms with Crippen LogP contribution in [0.4, 0.5) is 4.39 Å². The molecule has 1 aromatic heterocycles. The van der Waals surface area contributed by atoms with Gasteiger partial charge in [-0.25, -0.2) is 4.39 Å². The lowest BCUT2D eigenvalue weighted by Gasteiger charge is -2.05. The molecule has 3 N–H and O–H groups in total. The Balaban J connectivity index is 0.00000121. The average molecular weight is 193 g/mol. The summed E-state index contributed by atoms with van der Waals surface area (Å²) in [4.78, 5) is 3.69. The largest absolute Gasteiger partial charge is 0.394 e. The van der Waals surface area contributed by atoms with E-state index in [9.17, 15) is 4.39 Å². The summed E-state index contributed by atoms with van der Waals surface area (Å²) in [6.07, 6.45) is 1.07. The van der Waals surface area contributed by atoms with Crippen molar-refractivity contribution in [3.63, 3.8) is 0 Å². The van der Waals surface area contributed by atoms with Crippen molar-refractivity contribution in [2.75, 3.05) is 6.61 Å². The molecule has 1 aromatic rings. The molecular weight excluding hydrogens is 183 g/mol. The predicted octanol–water partition coefficient (Wildman–Crippen LogP) is 0.635. The summed E-state index contributed by atoms with van der Waals surface area (Å²) in [6, 6.07) is 2.20. The fraction of sp³-hybridized carbons (Fsp3) is 0.286. The van der Waals surface area contributed by atoms with Crippen LogP contribution in [0.15, 0.2) is 18.3 Å². The van der Waals surface area contributed by atoms with Gasteiger partial charge in [0.15, 0.2) is 0 Å². The van der Waals surface area contributed by atoms with Crippen LogP contribution in [0.1, 0.15) is 11.7 Å². The van der Waals surface area contributed by atoms with Gasteiger partial charge in [0, 0.05) is 0 Å². The summed E-state index contributed by atoms with van der Waals surface area (Å²) in [5, 5.41) is 8.60. The maximum absolute atomic E-state index is 12.3. The molecule has 1 heterocycles. The highest BCUT2D eigenvalue weighted by molar-refractivity contribution is 5.85. The Labute approximate surface area is 75.8 Å². The summed E-state index contributed by atoms with van der Waals surface area (Å²) in [5.74, 6) is -0.404. The summed E-state index contributed by atoms with van der Waals surface area (Å²) in [6.45, 7) is -0.182. The predicted molar refractivity (Wildman–Crippen MR) is 45.5 cm³/mol. The van der Waals surface area contributed by atoms with Crippen LogP contribution >= 0.6 is 12.4 Å². The lowest BCUT2D eigenvalue weighted by atomic mass is 10.2. The number of pyridine rings is 1. The molecule has 0 aliphatic rings. The Morgan fingerprint density at radius 1 is 1.58 bits per heavy atom. The Kier molecular flexibility index (Phi) is 4.73. The Bertz CT molecular complexity index is 229. The van der Waals surface area contributed by atoms with E-state index < -0.39 is 11.9 Å². The number of nitrogens with two attached hydrogens (primary N) is 1. The van der Waals surface area contributed by atoms with E-state index in [-0.39, 0.29) is 19.0 Å². The molecule has 1 unspecified atom stereocenters. The second-order valence-electron chi connectivity index (χ2n) is 2.19. The van der Waals surface area contributed by atoms with Gasteiger partial charge < -0.3 is 10.8 Å². The zero-order chi connectivity index (χ0) is 8.27. The van der Waals surface area contributed by atoms with Crippen LogP contribution in [0.25, 0.3) is 0 Å². The van der Waals surface area contributed by atoms with Crippen molar-refractivity contribution in [3.8, 4) is 0 Å². The molecule has 0 amide bonds. The topological polar surface area (TPSA) is 59.1 Å². The molecule has 0 spiro atoms. The molecule has 0 bridgehead atoms. The molecule has 0 fully saturated rings. The Morgan fingerprint density at radius 3 is 2.67 bits per heavy atom. The summed E-state index contributed by atoms with van der Waals surface area (Å²) in [7, 11) is 0. The molecular formula is C7H10ClFN2O. The first-order chi connectivity index (χ1) is 5.24. The molecule has 0 radical (unpaired) electrons. The number of rotatable bonds is 2. The van der Waals surface area contributed by atoms with Gasteiger partial charge in [-0.05, 0) is 12.1 Å². The summed E-state index contributed by atoms with van der Waals surface area (Å²) in [5.41, 5.74) is 5.90. The van der Waals surface area contributed by atoms with Gasteiger partial charge in [-0.15, -0.1) is 12.4 Å². The highest BCUT2D eigenvalue weighted by Crippen LogP contribution is 2.05. The van der Waals surface area contributed by atoms with Crippen LogP contribution in [-0.2, 0) is 0 Å². The lowest BCUT2D eigenvalue weighted by molar-refractivity contribution is 0.265. The first kappa shape index (κ1) is 11.3. The molecule has 0 aliphatic carbocycles. The van der Waals surface area contributed by atoms with Gasteiger partial charge in [0.1, 0.15) is 5.82 Å². The number of hydrogen-bond acceptors (Lipinski definition) is 3. The molecule has 68 valence electrons. The highest BCUT2D eigenvalue weighted by atomic mass is 35.5. The summed E-state index contributed by atoms with van der Waals surface area (Å²) >= 11 is 0. The van der Waals surface area contributed by atoms with Gasteiger partial charge in [0.05, 0.1) is 24.5 Å². The van der Waals surface area contributed by atoms with Crippen molar-refractivity contribution in [2.45, 2.75) is 6.04 Å². The molecule has 0 aromatic carbocycles. The molecule has 0 aliphatic heterocycles. The zero-order valence-electron chi connectivity index (χ0n) is 6.27. The lowest BCUT2D eigenvalue weighted by Crippen LogP contribution is -2.15. The molecule has 1 rings (SSSR count). The van der Waals surface area contributed by atoms with Crippen LogP contribution in [0, 0.1) is 5.82 Å². The molecule has 0 saturated heterocycles. The standard InChI is InChI=1S/C7H9FN2O.ClH/c8-5-1-2-7(10-3-5)6(9)4-11;/h1-3,6,11H,4,9H2;1H. The molecule has 0 saturated carbocycles. The van der Waals surface area contributed by atoms with Crippen LogP contribution in [-0.4, -0.2) is 16.7 Å². The number of aliphatic hydroxyl groups is 1. The first-order valence-corrected chi connectivity index (χ1v) is 3.22. The van der Waals surface area contributed by atoms with Gasteiger partial charge in [-0.2, -0.15) is 0 Å². The van der Waals surface area contributed by atoms with Crippen molar-refractivity contribution in [2.24, 2.45) is 5.73 Å². The van der Waals surface area contributed by atoms with E-state index in [4.69, 9.17) is 10.8 Å². The fourth-order valence-corrected chi connectivity index (χ4v) is 0.700. The molecule has 5 heteroatoms. The van der Waals surface area contributed by atoms with Crippen LogP contribution in [0.2, 0.25) is 0 Å². The minimum absolute atomic E-state index is 0. The average Bonchev–Trinajstić information content (AvgIpc) is 2.05. The smallest absolute Gasteiger partial charge is 0.141 e. The van der Waals surface area contributed by atoms with E-state index in [0.717, 1.165) is 6.20 Å². The highest BCUT2D eigenvalue weighted by Gasteiger charge is 2.04. The van der Waals surface area contributed by atoms with Gasteiger partial charge in [0.25, 0.3) is 0 Å². The SMILES string of the molecule is Cl.NC(CO)c1ccc(F)cn1. The first-order valence-electron chi connectivity index (χ1n) is 3.22. The van der Waals surface area contributed by atoms with Crippen LogP contribution < -0.4 is 5.73 Å². The fourth-order valence-electron chi connectivity index (χ4n) is 0.700. The van der Waals surface area contributed by atoms with Crippen molar-refractivity contribution >= 4 is 12.4 Å². The van der Waals surface area contributed by atoms with Gasteiger partial charge >= 0.3 is 0 Å². The Morgan fingerprint density at radius 2 is 2.25 bits per heavy atom. The quantitative estimate of drug-likeness (QED) is 0.723. The maximum atomic E-state index is 12.3. The minimum atomic E-state index is -0.518. The van der Waals surface area contributed by atoms with Gasteiger partial charge in [0.2, 0.25) is 0 Å². The second-order valence-corrected chi connectivity index (χ2v) is 2.19. The minimum Gasteiger partial charge on any atom is -0.394 e. The van der Waals surface area contributed by atoms with E-state index in [1.54, 1.807) is 0 Å². The maximum Gasteiger partial charge on any atom is 0.141 e. The number of halogens is 2. The number of hydrogen-bond donors (Lipinski definition) is 2. The van der Waals surface area contributed by atoms with Gasteiger partial charge in [-0.3, -0.25) is 4.98 Å². The number of aromatic nitrogens is 1. The van der Waals surface area contributed by atoms with Crippen LogP contribution in [0.5, 0.6) is 0 Å². The number of aliphatic hydroxyl groups excluding tert-OH is 1. The third-order valence-electron chi connectivity index (χ3n) is 1.33. The third-order valence-corrected chi connectivity index (χ3v) is 1.33. The van der Waals surface area contributed by atoms with E-state index in [2.05, 4.69) is 4.98 Å². The second kappa shape index (κ2) is 5.03. The third kappa shape index (κ3) is 2.73. The molecule has 3 nitrogen and oxygen atoms in total. The van der Waals surface area contributed by atoms with Crippen molar-refractivity contribution in [1.29, 1.82) is 0 Å². The van der Waals surface area contributed by atoms with Crippen molar-refractivity contribution < 1.29 is 9.50 Å². The van der Waals surface area contributed by atoms with Crippen molar-refractivity contribution in [1.82, 2.24) is 4.98 Å². The summed E-state index contributed by atoms with van der Waals surface area (Å²) < 4.78 is 12.3. The van der Waals surface area contributed by atoms with E-state index in [1.807, 2.05) is 0 Å². The Hall–Kier alpha value is -0.710. The van der Waals surface area contributed by atoms with E-state index in [0.29, 0.717) is 5.69 Å². The molecule has 12 heavy (non-hydrogen) atoms.